The summed E-state index contributed by atoms with van der Waals surface area (Å²) >= 11 is 0. The quantitative estimate of drug-likeness (QED) is 0.568. The van der Waals surface area contributed by atoms with Crippen molar-refractivity contribution in [1.82, 2.24) is 4.98 Å². The molecule has 3 rings (SSSR count). The van der Waals surface area contributed by atoms with Crippen LogP contribution < -0.4 is 10.6 Å². The normalized spacial score (nSPS) is 10.2. The highest BCUT2D eigenvalue weighted by Gasteiger charge is 2.03. The third-order valence-electron chi connectivity index (χ3n) is 3.93. The van der Waals surface area contributed by atoms with E-state index < -0.39 is 0 Å². The van der Waals surface area contributed by atoms with Gasteiger partial charge in [-0.15, -0.1) is 0 Å². The molecule has 0 aliphatic rings. The Balaban J connectivity index is 1.64. The van der Waals surface area contributed by atoms with Gasteiger partial charge < -0.3 is 10.6 Å². The van der Waals surface area contributed by atoms with Gasteiger partial charge in [0.1, 0.15) is 0 Å². The van der Waals surface area contributed by atoms with Crippen LogP contribution in [0.1, 0.15) is 11.4 Å². The molecule has 1 heterocycles. The molecule has 0 amide bonds. The summed E-state index contributed by atoms with van der Waals surface area (Å²) in [5.41, 5.74) is 5.46. The molecule has 3 aromatic rings. The van der Waals surface area contributed by atoms with Crippen molar-refractivity contribution in [3.05, 3.63) is 78.1 Å². The van der Waals surface area contributed by atoms with Crippen LogP contribution in [0.2, 0.25) is 0 Å². The maximum absolute atomic E-state index is 4.70. The standard InChI is InChI=1S/C21H21N5/c1-22-18-10-3-5-12-20(18)24-14-16-8-7-9-17(26-16)15-25-21-13-6-4-11-19(21)23-2/h3-13,24-25H,1-2,14-15H2. The number of aliphatic imine (C=N–C) groups is 2. The number of nitrogens with one attached hydrogen (secondary N) is 2. The first-order chi connectivity index (χ1) is 12.8. The number of hydrogen-bond acceptors (Lipinski definition) is 5. The van der Waals surface area contributed by atoms with Crippen molar-refractivity contribution in [2.75, 3.05) is 10.6 Å². The van der Waals surface area contributed by atoms with Crippen molar-refractivity contribution in [1.29, 1.82) is 0 Å². The lowest BCUT2D eigenvalue weighted by Gasteiger charge is -2.11. The zero-order valence-corrected chi connectivity index (χ0v) is 14.5. The monoisotopic (exact) mass is 343 g/mol. The van der Waals surface area contributed by atoms with Crippen LogP contribution >= 0.6 is 0 Å². The molecule has 0 spiro atoms. The van der Waals surface area contributed by atoms with Crippen molar-refractivity contribution in [3.63, 3.8) is 0 Å². The highest BCUT2D eigenvalue weighted by Crippen LogP contribution is 2.25. The summed E-state index contributed by atoms with van der Waals surface area (Å²) in [5, 5.41) is 6.72. The predicted molar refractivity (Wildman–Crippen MR) is 110 cm³/mol. The lowest BCUT2D eigenvalue weighted by molar-refractivity contribution is 0.966. The van der Waals surface area contributed by atoms with Gasteiger partial charge in [0, 0.05) is 0 Å². The topological polar surface area (TPSA) is 61.7 Å². The molecule has 0 bridgehead atoms. The minimum absolute atomic E-state index is 0.616. The Bertz CT molecular complexity index is 833. The Hall–Kier alpha value is -3.47. The van der Waals surface area contributed by atoms with E-state index in [1.807, 2.05) is 66.7 Å². The predicted octanol–water partition coefficient (Wildman–Crippen LogP) is 4.97. The number of pyridine rings is 1. The molecule has 0 fully saturated rings. The number of anilines is 2. The van der Waals surface area contributed by atoms with Crippen LogP contribution in [-0.2, 0) is 13.1 Å². The third kappa shape index (κ3) is 4.33. The number of rotatable bonds is 8. The van der Waals surface area contributed by atoms with E-state index in [4.69, 9.17) is 4.98 Å². The van der Waals surface area contributed by atoms with Crippen molar-refractivity contribution < 1.29 is 0 Å². The molecule has 0 saturated heterocycles. The van der Waals surface area contributed by atoms with Crippen LogP contribution in [0, 0.1) is 0 Å². The number of nitrogens with zero attached hydrogens (tertiary/aromatic N) is 3. The van der Waals surface area contributed by atoms with E-state index >= 15 is 0 Å². The summed E-state index contributed by atoms with van der Waals surface area (Å²) in [5.74, 6) is 0. The van der Waals surface area contributed by atoms with Gasteiger partial charge in [-0.1, -0.05) is 30.3 Å². The molecule has 2 aromatic carbocycles. The van der Waals surface area contributed by atoms with Gasteiger partial charge in [-0.2, -0.15) is 0 Å². The zero-order chi connectivity index (χ0) is 18.2. The lowest BCUT2D eigenvalue weighted by atomic mass is 10.2. The van der Waals surface area contributed by atoms with Gasteiger partial charge in [0.05, 0.1) is 47.2 Å². The van der Waals surface area contributed by atoms with E-state index in [2.05, 4.69) is 34.1 Å². The zero-order valence-electron chi connectivity index (χ0n) is 14.5. The van der Waals surface area contributed by atoms with E-state index in [0.29, 0.717) is 13.1 Å². The summed E-state index contributed by atoms with van der Waals surface area (Å²) in [6.07, 6.45) is 0. The Labute approximate surface area is 153 Å². The number of benzene rings is 2. The molecule has 0 unspecified atom stereocenters. The number of hydrogen-bond donors (Lipinski definition) is 2. The minimum atomic E-state index is 0.616. The summed E-state index contributed by atoms with van der Waals surface area (Å²) in [4.78, 5) is 12.7. The first-order valence-electron chi connectivity index (χ1n) is 8.34. The molecule has 26 heavy (non-hydrogen) atoms. The van der Waals surface area contributed by atoms with Gasteiger partial charge in [-0.3, -0.25) is 15.0 Å². The van der Waals surface area contributed by atoms with Crippen LogP contribution in [0.3, 0.4) is 0 Å². The van der Waals surface area contributed by atoms with Crippen LogP contribution in [0.15, 0.2) is 76.7 Å². The largest absolute Gasteiger partial charge is 0.378 e. The first-order valence-corrected chi connectivity index (χ1v) is 8.34. The van der Waals surface area contributed by atoms with Crippen LogP contribution in [0.25, 0.3) is 0 Å². The second kappa shape index (κ2) is 8.58. The van der Waals surface area contributed by atoms with E-state index in [0.717, 1.165) is 34.1 Å². The van der Waals surface area contributed by atoms with Crippen LogP contribution in [0.4, 0.5) is 22.7 Å². The second-order valence-corrected chi connectivity index (χ2v) is 5.68. The molecule has 0 aliphatic carbocycles. The van der Waals surface area contributed by atoms with Crippen LogP contribution in [-0.4, -0.2) is 18.4 Å². The van der Waals surface area contributed by atoms with E-state index in [1.54, 1.807) is 0 Å². The summed E-state index contributed by atoms with van der Waals surface area (Å²) in [7, 11) is 0. The summed E-state index contributed by atoms with van der Waals surface area (Å²) in [6, 6.07) is 21.6. The minimum Gasteiger partial charge on any atom is -0.378 e. The average molecular weight is 343 g/mol. The Kier molecular flexibility index (Phi) is 5.72. The fourth-order valence-corrected chi connectivity index (χ4v) is 2.62. The SMILES string of the molecule is C=Nc1ccccc1NCc1cccc(CNc2ccccc2N=C)n1. The fraction of sp³-hybridized carbons (Fsp3) is 0.0952. The maximum Gasteiger partial charge on any atom is 0.0853 e. The summed E-state index contributed by atoms with van der Waals surface area (Å²) in [6.45, 7) is 8.44. The van der Waals surface area contributed by atoms with Gasteiger partial charge in [0.15, 0.2) is 0 Å². The Morgan fingerprint density at radius 1 is 0.654 bits per heavy atom. The van der Waals surface area contributed by atoms with Gasteiger partial charge >= 0.3 is 0 Å². The molecule has 130 valence electrons. The Morgan fingerprint density at radius 2 is 1.12 bits per heavy atom. The molecule has 0 atom stereocenters. The molecule has 1 aromatic heterocycles. The number of aromatic nitrogens is 1. The van der Waals surface area contributed by atoms with Crippen molar-refractivity contribution in [3.8, 4) is 0 Å². The Morgan fingerprint density at radius 3 is 1.58 bits per heavy atom. The van der Waals surface area contributed by atoms with Crippen molar-refractivity contribution in [2.45, 2.75) is 13.1 Å². The number of para-hydroxylation sites is 4. The third-order valence-corrected chi connectivity index (χ3v) is 3.93. The molecule has 5 heteroatoms. The molecular weight excluding hydrogens is 322 g/mol. The summed E-state index contributed by atoms with van der Waals surface area (Å²) < 4.78 is 0. The van der Waals surface area contributed by atoms with Crippen molar-refractivity contribution in [2.24, 2.45) is 9.98 Å². The molecule has 0 aliphatic heterocycles. The molecular formula is C21H21N5. The average Bonchev–Trinajstić information content (AvgIpc) is 2.71. The highest BCUT2D eigenvalue weighted by molar-refractivity contribution is 5.68. The molecule has 2 N–H and O–H groups in total. The molecule has 5 nitrogen and oxygen atoms in total. The second-order valence-electron chi connectivity index (χ2n) is 5.68. The van der Waals surface area contributed by atoms with Gasteiger partial charge in [-0.25, -0.2) is 0 Å². The fourth-order valence-electron chi connectivity index (χ4n) is 2.62. The van der Waals surface area contributed by atoms with E-state index in [9.17, 15) is 0 Å². The van der Waals surface area contributed by atoms with Crippen molar-refractivity contribution >= 4 is 36.2 Å². The van der Waals surface area contributed by atoms with Gasteiger partial charge in [0.2, 0.25) is 0 Å². The maximum atomic E-state index is 4.70. The molecule has 0 radical (unpaired) electrons. The first kappa shape index (κ1) is 17.4. The van der Waals surface area contributed by atoms with E-state index in [-0.39, 0.29) is 0 Å². The van der Waals surface area contributed by atoms with Gasteiger partial charge in [-0.05, 0) is 49.8 Å². The smallest absolute Gasteiger partial charge is 0.0853 e. The highest BCUT2D eigenvalue weighted by atomic mass is 15.0. The molecule has 0 saturated carbocycles. The van der Waals surface area contributed by atoms with Crippen LogP contribution in [0.5, 0.6) is 0 Å². The lowest BCUT2D eigenvalue weighted by Crippen LogP contribution is -2.06. The van der Waals surface area contributed by atoms with Gasteiger partial charge in [0.25, 0.3) is 0 Å². The van der Waals surface area contributed by atoms with E-state index in [1.165, 1.54) is 0 Å².